The highest BCUT2D eigenvalue weighted by atomic mass is 35.5. The number of hydroxylamine groups is 2. The number of hydrogen-bond acceptors (Lipinski definition) is 4. The maximum atomic E-state index is 11.6. The predicted molar refractivity (Wildman–Crippen MR) is 60.6 cm³/mol. The van der Waals surface area contributed by atoms with E-state index >= 15 is 0 Å². The van der Waals surface area contributed by atoms with Crippen molar-refractivity contribution >= 4 is 41.1 Å². The highest BCUT2D eigenvalue weighted by Crippen LogP contribution is 2.13. The van der Waals surface area contributed by atoms with Gasteiger partial charge in [0.15, 0.2) is 0 Å². The minimum absolute atomic E-state index is 0.0666. The summed E-state index contributed by atoms with van der Waals surface area (Å²) in [6, 6.07) is 0. The van der Waals surface area contributed by atoms with E-state index in [0.717, 1.165) is 0 Å². The molecule has 17 heavy (non-hydrogen) atoms. The molecule has 0 spiro atoms. The van der Waals surface area contributed by atoms with Gasteiger partial charge in [0.25, 0.3) is 11.8 Å². The molecule has 0 aromatic rings. The Morgan fingerprint density at radius 3 is 2.06 bits per heavy atom. The Hall–Kier alpha value is -1.01. The lowest BCUT2D eigenvalue weighted by atomic mass is 10.4. The number of amides is 3. The number of alkyl halides is 2. The molecule has 0 bridgehead atoms. The summed E-state index contributed by atoms with van der Waals surface area (Å²) in [6.45, 7) is 0.479. The van der Waals surface area contributed by atoms with Gasteiger partial charge in [0, 0.05) is 37.7 Å². The van der Waals surface area contributed by atoms with E-state index in [1.54, 1.807) is 0 Å². The summed E-state index contributed by atoms with van der Waals surface area (Å²) in [5, 5.41) is 0.498. The minimum atomic E-state index is -0.796. The zero-order chi connectivity index (χ0) is 12.8. The van der Waals surface area contributed by atoms with Crippen LogP contribution in [0.15, 0.2) is 0 Å². The summed E-state index contributed by atoms with van der Waals surface area (Å²) in [4.78, 5) is 40.0. The van der Waals surface area contributed by atoms with Crippen LogP contribution in [0.1, 0.15) is 12.8 Å². The summed E-state index contributed by atoms with van der Waals surface area (Å²) in [6.07, 6.45) is -0.663. The Kier molecular flexibility index (Phi) is 5.50. The van der Waals surface area contributed by atoms with Crippen LogP contribution in [0.5, 0.6) is 0 Å². The third-order valence-electron chi connectivity index (χ3n) is 2.14. The van der Waals surface area contributed by atoms with E-state index in [9.17, 15) is 14.4 Å². The van der Waals surface area contributed by atoms with Crippen molar-refractivity contribution in [1.29, 1.82) is 0 Å². The van der Waals surface area contributed by atoms with Crippen LogP contribution >= 0.6 is 23.2 Å². The van der Waals surface area contributed by atoms with Crippen molar-refractivity contribution in [1.82, 2.24) is 9.96 Å². The molecule has 0 aromatic carbocycles. The second-order valence-electron chi connectivity index (χ2n) is 3.30. The van der Waals surface area contributed by atoms with E-state index in [4.69, 9.17) is 28.0 Å². The first kappa shape index (κ1) is 14.1. The smallest absolute Gasteiger partial charge is 0.311 e. The summed E-state index contributed by atoms with van der Waals surface area (Å²) in [7, 11) is 0. The Morgan fingerprint density at radius 2 is 1.65 bits per heavy atom. The molecule has 1 aliphatic rings. The third-order valence-corrected chi connectivity index (χ3v) is 2.48. The first-order valence-electron chi connectivity index (χ1n) is 5.04. The van der Waals surface area contributed by atoms with E-state index in [0.29, 0.717) is 5.06 Å². The van der Waals surface area contributed by atoms with Crippen molar-refractivity contribution in [3.8, 4) is 0 Å². The van der Waals surface area contributed by atoms with Crippen LogP contribution in [-0.4, -0.2) is 52.7 Å². The number of carbonyl (C=O) groups is 3. The summed E-state index contributed by atoms with van der Waals surface area (Å²) in [5.74, 6) is -0.595. The number of imide groups is 1. The monoisotopic (exact) mass is 282 g/mol. The molecule has 96 valence electrons. The first-order chi connectivity index (χ1) is 8.10. The van der Waals surface area contributed by atoms with Gasteiger partial charge >= 0.3 is 6.09 Å². The molecule has 1 rings (SSSR count). The topological polar surface area (TPSA) is 66.9 Å². The van der Waals surface area contributed by atoms with Gasteiger partial charge < -0.3 is 9.74 Å². The average molecular weight is 283 g/mol. The molecule has 3 amide bonds. The summed E-state index contributed by atoms with van der Waals surface area (Å²) >= 11 is 11.0. The maximum absolute atomic E-state index is 11.6. The van der Waals surface area contributed by atoms with Gasteiger partial charge in [-0.1, -0.05) is 0 Å². The molecule has 1 aliphatic heterocycles. The van der Waals surface area contributed by atoms with Gasteiger partial charge in [0.05, 0.1) is 0 Å². The number of rotatable bonds is 5. The fraction of sp³-hybridized carbons (Fsp3) is 0.667. The Morgan fingerprint density at radius 1 is 1.18 bits per heavy atom. The van der Waals surface area contributed by atoms with Crippen molar-refractivity contribution in [2.75, 3.05) is 24.8 Å². The minimum Gasteiger partial charge on any atom is -0.311 e. The number of nitrogens with zero attached hydrogens (tertiary/aromatic N) is 2. The van der Waals surface area contributed by atoms with Gasteiger partial charge in [-0.15, -0.1) is 28.3 Å². The van der Waals surface area contributed by atoms with Crippen LogP contribution < -0.4 is 0 Å². The molecular weight excluding hydrogens is 271 g/mol. The number of carbonyl (C=O) groups excluding carboxylic acids is 3. The molecule has 0 saturated carbocycles. The van der Waals surface area contributed by atoms with Gasteiger partial charge in [-0.05, 0) is 0 Å². The lowest BCUT2D eigenvalue weighted by Crippen LogP contribution is -2.41. The van der Waals surface area contributed by atoms with E-state index in [-0.39, 0.29) is 37.7 Å². The van der Waals surface area contributed by atoms with E-state index in [1.807, 2.05) is 0 Å². The fourth-order valence-electron chi connectivity index (χ4n) is 1.29. The highest BCUT2D eigenvalue weighted by Gasteiger charge is 2.33. The van der Waals surface area contributed by atoms with E-state index in [2.05, 4.69) is 0 Å². The SMILES string of the molecule is O=C(ON1C(=O)CCC1=O)N(CCCl)CCCl. The molecule has 0 aromatic heterocycles. The molecule has 1 fully saturated rings. The van der Waals surface area contributed by atoms with Gasteiger partial charge in [0.1, 0.15) is 0 Å². The van der Waals surface area contributed by atoms with Crippen LogP contribution in [0.2, 0.25) is 0 Å². The standard InChI is InChI=1S/C9H12Cl2N2O4/c10-3-5-12(6-4-11)9(16)17-13-7(14)1-2-8(13)15/h1-6H2. The fourth-order valence-corrected chi connectivity index (χ4v) is 1.70. The maximum Gasteiger partial charge on any atom is 0.434 e. The van der Waals surface area contributed by atoms with Crippen molar-refractivity contribution in [2.45, 2.75) is 12.8 Å². The lowest BCUT2D eigenvalue weighted by molar-refractivity contribution is -0.173. The predicted octanol–water partition coefficient (Wildman–Crippen LogP) is 0.967. The molecule has 0 unspecified atom stereocenters. The molecule has 1 saturated heterocycles. The zero-order valence-corrected chi connectivity index (χ0v) is 10.5. The van der Waals surface area contributed by atoms with Crippen LogP contribution in [-0.2, 0) is 14.4 Å². The quantitative estimate of drug-likeness (QED) is 0.557. The number of hydrogen-bond donors (Lipinski definition) is 0. The molecule has 8 heteroatoms. The summed E-state index contributed by atoms with van der Waals surface area (Å²) < 4.78 is 0. The molecule has 0 radical (unpaired) electrons. The Bertz CT molecular complexity index is 302. The molecule has 0 N–H and O–H groups in total. The van der Waals surface area contributed by atoms with Gasteiger partial charge in [0.2, 0.25) is 0 Å². The third kappa shape index (κ3) is 3.74. The molecule has 1 heterocycles. The highest BCUT2D eigenvalue weighted by molar-refractivity contribution is 6.18. The second-order valence-corrected chi connectivity index (χ2v) is 4.06. The van der Waals surface area contributed by atoms with Gasteiger partial charge in [-0.2, -0.15) is 0 Å². The van der Waals surface area contributed by atoms with Crippen molar-refractivity contribution in [3.05, 3.63) is 0 Å². The van der Waals surface area contributed by atoms with Crippen LogP contribution in [0, 0.1) is 0 Å². The van der Waals surface area contributed by atoms with Crippen molar-refractivity contribution in [3.63, 3.8) is 0 Å². The largest absolute Gasteiger partial charge is 0.434 e. The summed E-state index contributed by atoms with van der Waals surface area (Å²) in [5.41, 5.74) is 0. The Balaban J connectivity index is 2.56. The van der Waals surface area contributed by atoms with Crippen LogP contribution in [0.25, 0.3) is 0 Å². The van der Waals surface area contributed by atoms with Crippen LogP contribution in [0.4, 0.5) is 4.79 Å². The normalized spacial score (nSPS) is 15.3. The van der Waals surface area contributed by atoms with E-state index < -0.39 is 17.9 Å². The average Bonchev–Trinajstić information content (AvgIpc) is 2.60. The lowest BCUT2D eigenvalue weighted by Gasteiger charge is -2.21. The van der Waals surface area contributed by atoms with Crippen molar-refractivity contribution in [2.24, 2.45) is 0 Å². The Labute approximate surface area is 108 Å². The molecule has 6 nitrogen and oxygen atoms in total. The number of halogens is 2. The zero-order valence-electron chi connectivity index (χ0n) is 9.03. The molecule has 0 atom stereocenters. The van der Waals surface area contributed by atoms with Gasteiger partial charge in [-0.25, -0.2) is 4.79 Å². The van der Waals surface area contributed by atoms with Gasteiger partial charge in [-0.3, -0.25) is 9.59 Å². The van der Waals surface area contributed by atoms with Crippen molar-refractivity contribution < 1.29 is 19.2 Å². The second kappa shape index (κ2) is 6.66. The van der Waals surface area contributed by atoms with Crippen LogP contribution in [0.3, 0.4) is 0 Å². The molecular formula is C9H12Cl2N2O4. The molecule has 0 aliphatic carbocycles. The van der Waals surface area contributed by atoms with E-state index in [1.165, 1.54) is 4.90 Å². The first-order valence-corrected chi connectivity index (χ1v) is 6.11.